The fraction of sp³-hybridized carbons (Fsp3) is 0.364. The molecule has 0 atom stereocenters. The molecule has 1 amide bonds. The lowest BCUT2D eigenvalue weighted by Gasteiger charge is -2.26. The summed E-state index contributed by atoms with van der Waals surface area (Å²) in [6.45, 7) is 0.495. The molecule has 3 rings (SSSR count). The van der Waals surface area contributed by atoms with Gasteiger partial charge >= 0.3 is 0 Å². The van der Waals surface area contributed by atoms with E-state index in [0.717, 1.165) is 31.2 Å². The van der Waals surface area contributed by atoms with Crippen LogP contribution in [0.2, 0.25) is 0 Å². The molecule has 0 unspecified atom stereocenters. The van der Waals surface area contributed by atoms with Gasteiger partial charge in [-0.25, -0.2) is 4.39 Å². The first-order valence-corrected chi connectivity index (χ1v) is 9.20. The maximum Gasteiger partial charge on any atom is 0.253 e. The minimum atomic E-state index is -0.641. The van der Waals surface area contributed by atoms with Gasteiger partial charge in [-0.15, -0.1) is 0 Å². The van der Waals surface area contributed by atoms with Gasteiger partial charge in [0.15, 0.2) is 0 Å². The predicted octanol–water partition coefficient (Wildman–Crippen LogP) is 4.13. The van der Waals surface area contributed by atoms with Crippen LogP contribution in [0.5, 0.6) is 0 Å². The molecule has 5 heteroatoms. The number of hydrogen-bond donors (Lipinski definition) is 1. The summed E-state index contributed by atoms with van der Waals surface area (Å²) >= 11 is 0. The fourth-order valence-corrected chi connectivity index (χ4v) is 3.60. The standard InChI is InChI=1S/C22H23FN2O2/c1-25(12-11-22(27)9-2-3-10-22)21(26)18-6-4-5-16(13-18)17-7-8-20(23)19(14-17)15-24/h4-8,13-14,27H,2-3,9-12H2,1H3. The molecule has 1 N–H and O–H groups in total. The van der Waals surface area contributed by atoms with Gasteiger partial charge in [0.2, 0.25) is 0 Å². The molecule has 1 aliphatic rings. The molecule has 0 aromatic heterocycles. The van der Waals surface area contributed by atoms with E-state index in [0.29, 0.717) is 24.1 Å². The highest BCUT2D eigenvalue weighted by Gasteiger charge is 2.31. The third-order valence-corrected chi connectivity index (χ3v) is 5.32. The van der Waals surface area contributed by atoms with Crippen molar-refractivity contribution >= 4 is 5.91 Å². The Morgan fingerprint density at radius 3 is 2.63 bits per heavy atom. The molecular weight excluding hydrogens is 343 g/mol. The van der Waals surface area contributed by atoms with E-state index in [2.05, 4.69) is 0 Å². The second-order valence-corrected chi connectivity index (χ2v) is 7.30. The molecular formula is C22H23FN2O2. The van der Waals surface area contributed by atoms with Gasteiger partial charge in [0.05, 0.1) is 11.2 Å². The van der Waals surface area contributed by atoms with E-state index >= 15 is 0 Å². The molecule has 1 saturated carbocycles. The van der Waals surface area contributed by atoms with Crippen LogP contribution in [-0.4, -0.2) is 35.1 Å². The fourth-order valence-electron chi connectivity index (χ4n) is 3.60. The highest BCUT2D eigenvalue weighted by atomic mass is 19.1. The summed E-state index contributed by atoms with van der Waals surface area (Å²) in [7, 11) is 1.74. The third-order valence-electron chi connectivity index (χ3n) is 5.32. The van der Waals surface area contributed by atoms with E-state index in [1.807, 2.05) is 12.1 Å². The first-order valence-electron chi connectivity index (χ1n) is 9.20. The van der Waals surface area contributed by atoms with E-state index in [4.69, 9.17) is 5.26 Å². The molecule has 0 spiro atoms. The number of nitriles is 1. The Balaban J connectivity index is 1.74. The van der Waals surface area contributed by atoms with Gasteiger partial charge in [0.25, 0.3) is 5.91 Å². The maximum absolute atomic E-state index is 13.5. The SMILES string of the molecule is CN(CCC1(O)CCCC1)C(=O)c1cccc(-c2ccc(F)c(C#N)c2)c1. The number of halogens is 1. The lowest BCUT2D eigenvalue weighted by Crippen LogP contribution is -2.34. The van der Waals surface area contributed by atoms with Crippen molar-refractivity contribution in [2.45, 2.75) is 37.7 Å². The van der Waals surface area contributed by atoms with Crippen molar-refractivity contribution < 1.29 is 14.3 Å². The van der Waals surface area contributed by atoms with Crippen LogP contribution in [0.3, 0.4) is 0 Å². The normalized spacial score (nSPS) is 15.3. The molecule has 0 radical (unpaired) electrons. The number of nitrogens with zero attached hydrogens (tertiary/aromatic N) is 2. The zero-order valence-electron chi connectivity index (χ0n) is 15.4. The topological polar surface area (TPSA) is 64.3 Å². The number of carbonyl (C=O) groups is 1. The Labute approximate surface area is 158 Å². The van der Waals surface area contributed by atoms with Crippen LogP contribution in [-0.2, 0) is 0 Å². The van der Waals surface area contributed by atoms with Crippen molar-refractivity contribution in [1.82, 2.24) is 4.90 Å². The van der Waals surface area contributed by atoms with Gasteiger partial charge in [0.1, 0.15) is 11.9 Å². The molecule has 0 bridgehead atoms. The summed E-state index contributed by atoms with van der Waals surface area (Å²) in [6, 6.07) is 13.3. The Bertz CT molecular complexity index is 882. The van der Waals surface area contributed by atoms with Crippen LogP contribution in [0.1, 0.15) is 48.0 Å². The zero-order valence-corrected chi connectivity index (χ0v) is 15.4. The number of hydrogen-bond acceptors (Lipinski definition) is 3. The van der Waals surface area contributed by atoms with Crippen LogP contribution in [0.4, 0.5) is 4.39 Å². The Kier molecular flexibility index (Phi) is 5.57. The van der Waals surface area contributed by atoms with Crippen molar-refractivity contribution in [3.63, 3.8) is 0 Å². The quantitative estimate of drug-likeness (QED) is 0.865. The minimum Gasteiger partial charge on any atom is -0.390 e. The van der Waals surface area contributed by atoms with Gasteiger partial charge in [-0.3, -0.25) is 4.79 Å². The highest BCUT2D eigenvalue weighted by molar-refractivity contribution is 5.95. The molecule has 0 aliphatic heterocycles. The monoisotopic (exact) mass is 366 g/mol. The molecule has 27 heavy (non-hydrogen) atoms. The van der Waals surface area contributed by atoms with E-state index in [-0.39, 0.29) is 11.5 Å². The Hall–Kier alpha value is -2.71. The Morgan fingerprint density at radius 2 is 1.93 bits per heavy atom. The second kappa shape index (κ2) is 7.89. The van der Waals surface area contributed by atoms with E-state index in [1.54, 1.807) is 36.2 Å². The van der Waals surface area contributed by atoms with Gasteiger partial charge in [-0.1, -0.05) is 31.0 Å². The van der Waals surface area contributed by atoms with Gasteiger partial charge in [-0.2, -0.15) is 5.26 Å². The molecule has 4 nitrogen and oxygen atoms in total. The van der Waals surface area contributed by atoms with Crippen molar-refractivity contribution in [3.05, 3.63) is 59.4 Å². The number of benzene rings is 2. The summed E-state index contributed by atoms with van der Waals surface area (Å²) in [4.78, 5) is 14.4. The van der Waals surface area contributed by atoms with E-state index in [9.17, 15) is 14.3 Å². The lowest BCUT2D eigenvalue weighted by atomic mass is 9.97. The molecule has 2 aromatic carbocycles. The minimum absolute atomic E-state index is 0.0221. The Morgan fingerprint density at radius 1 is 1.22 bits per heavy atom. The van der Waals surface area contributed by atoms with Gasteiger partial charge in [0, 0.05) is 19.2 Å². The van der Waals surface area contributed by atoms with Crippen molar-refractivity contribution in [2.75, 3.05) is 13.6 Å². The summed E-state index contributed by atoms with van der Waals surface area (Å²) in [5.74, 6) is -0.681. The summed E-state index contributed by atoms with van der Waals surface area (Å²) in [5.41, 5.74) is 1.30. The van der Waals surface area contributed by atoms with E-state index < -0.39 is 11.4 Å². The average Bonchev–Trinajstić information content (AvgIpc) is 3.13. The molecule has 1 fully saturated rings. The molecule has 0 saturated heterocycles. The first-order chi connectivity index (χ1) is 12.9. The molecule has 0 heterocycles. The molecule has 2 aromatic rings. The summed E-state index contributed by atoms with van der Waals surface area (Å²) in [5, 5.41) is 19.5. The number of amides is 1. The predicted molar refractivity (Wildman–Crippen MR) is 102 cm³/mol. The number of aliphatic hydroxyl groups is 1. The van der Waals surface area contributed by atoms with Crippen LogP contribution in [0.25, 0.3) is 11.1 Å². The highest BCUT2D eigenvalue weighted by Crippen LogP contribution is 2.32. The maximum atomic E-state index is 13.5. The largest absolute Gasteiger partial charge is 0.390 e. The van der Waals surface area contributed by atoms with Crippen LogP contribution < -0.4 is 0 Å². The smallest absolute Gasteiger partial charge is 0.253 e. The summed E-state index contributed by atoms with van der Waals surface area (Å²) < 4.78 is 13.5. The lowest BCUT2D eigenvalue weighted by molar-refractivity contribution is 0.0296. The number of rotatable bonds is 5. The van der Waals surface area contributed by atoms with Crippen LogP contribution >= 0.6 is 0 Å². The summed E-state index contributed by atoms with van der Waals surface area (Å²) in [6.07, 6.45) is 4.27. The number of carbonyl (C=O) groups excluding carboxylic acids is 1. The molecule has 140 valence electrons. The van der Waals surface area contributed by atoms with Crippen molar-refractivity contribution in [2.24, 2.45) is 0 Å². The first kappa shape index (κ1) is 19.1. The third kappa shape index (κ3) is 4.35. The van der Waals surface area contributed by atoms with E-state index in [1.165, 1.54) is 12.1 Å². The molecule has 1 aliphatic carbocycles. The van der Waals surface area contributed by atoms with Gasteiger partial charge < -0.3 is 10.0 Å². The average molecular weight is 366 g/mol. The van der Waals surface area contributed by atoms with Crippen molar-refractivity contribution in [3.8, 4) is 17.2 Å². The van der Waals surface area contributed by atoms with Crippen LogP contribution in [0.15, 0.2) is 42.5 Å². The van der Waals surface area contributed by atoms with Gasteiger partial charge in [-0.05, 0) is 54.7 Å². The zero-order chi connectivity index (χ0) is 19.4. The van der Waals surface area contributed by atoms with Crippen LogP contribution in [0, 0.1) is 17.1 Å². The van der Waals surface area contributed by atoms with Crippen molar-refractivity contribution in [1.29, 1.82) is 5.26 Å². The second-order valence-electron chi connectivity index (χ2n) is 7.30.